The van der Waals surface area contributed by atoms with Gasteiger partial charge in [0.15, 0.2) is 12.2 Å². The van der Waals surface area contributed by atoms with Crippen LogP contribution in [0.15, 0.2) is 16.8 Å². The van der Waals surface area contributed by atoms with E-state index in [4.69, 9.17) is 10.8 Å². The van der Waals surface area contributed by atoms with Gasteiger partial charge in [0.05, 0.1) is 0 Å². The fraction of sp³-hybridized carbons (Fsp3) is 0.571. The zero-order valence-electron chi connectivity index (χ0n) is 6.70. The highest BCUT2D eigenvalue weighted by molar-refractivity contribution is 5.80. The van der Waals surface area contributed by atoms with Gasteiger partial charge in [-0.1, -0.05) is 13.8 Å². The Kier molecular flexibility index (Phi) is 2.14. The van der Waals surface area contributed by atoms with E-state index in [1.807, 2.05) is 13.8 Å². The van der Waals surface area contributed by atoms with E-state index >= 15 is 0 Å². The summed E-state index contributed by atoms with van der Waals surface area (Å²) in [5.74, 6) is 0.613. The molecule has 0 amide bonds. The highest BCUT2D eigenvalue weighted by Crippen LogP contribution is 2.10. The van der Waals surface area contributed by atoms with Crippen LogP contribution in [-0.4, -0.2) is 17.3 Å². The second-order valence-electron chi connectivity index (χ2n) is 2.83. The average Bonchev–Trinajstić information content (AvgIpc) is 1.85. The molecule has 4 N–H and O–H groups in total. The third-order valence-corrected chi connectivity index (χ3v) is 1.49. The van der Waals surface area contributed by atoms with Gasteiger partial charge < -0.3 is 16.2 Å². The van der Waals surface area contributed by atoms with Crippen molar-refractivity contribution in [1.82, 2.24) is 5.32 Å². The molecule has 0 aliphatic carbocycles. The summed E-state index contributed by atoms with van der Waals surface area (Å²) in [6.45, 7) is 4.04. The van der Waals surface area contributed by atoms with Crippen molar-refractivity contribution in [1.29, 1.82) is 0 Å². The molecule has 0 aromatic carbocycles. The molecule has 11 heavy (non-hydrogen) atoms. The molecule has 0 bridgehead atoms. The molecule has 1 atom stereocenters. The van der Waals surface area contributed by atoms with Crippen LogP contribution < -0.4 is 11.1 Å². The van der Waals surface area contributed by atoms with Crippen LogP contribution in [0.1, 0.15) is 13.8 Å². The van der Waals surface area contributed by atoms with E-state index < -0.39 is 6.23 Å². The molecule has 1 unspecified atom stereocenters. The second kappa shape index (κ2) is 2.92. The topological polar surface area (TPSA) is 70.6 Å². The van der Waals surface area contributed by atoms with Crippen LogP contribution in [0.2, 0.25) is 0 Å². The normalized spacial score (nSPS) is 24.2. The second-order valence-corrected chi connectivity index (χ2v) is 2.83. The monoisotopic (exact) mass is 155 g/mol. The minimum absolute atomic E-state index is 0.281. The summed E-state index contributed by atoms with van der Waals surface area (Å²) >= 11 is 0. The Hall–Kier alpha value is -1.03. The maximum atomic E-state index is 9.12. The van der Waals surface area contributed by atoms with E-state index in [0.29, 0.717) is 5.92 Å². The molecular formula is C7H13N3O. The Bertz CT molecular complexity index is 208. The van der Waals surface area contributed by atoms with Gasteiger partial charge in [-0.2, -0.15) is 0 Å². The number of nitrogens with two attached hydrogens (primary N) is 1. The van der Waals surface area contributed by atoms with Crippen molar-refractivity contribution in [2.24, 2.45) is 16.6 Å². The standard InChI is InChI=1S/C7H13N3O/c1-4(2)5-3-6(11)10-7(8)9-5/h3-4,6,11H,1-2H3,(H3,8,9,10). The lowest BCUT2D eigenvalue weighted by Crippen LogP contribution is -2.37. The molecule has 62 valence electrons. The zero-order valence-corrected chi connectivity index (χ0v) is 6.70. The van der Waals surface area contributed by atoms with Crippen LogP contribution in [0.4, 0.5) is 0 Å². The molecule has 4 heteroatoms. The van der Waals surface area contributed by atoms with Gasteiger partial charge in [-0.15, -0.1) is 0 Å². The summed E-state index contributed by atoms with van der Waals surface area (Å²) in [5.41, 5.74) is 6.31. The van der Waals surface area contributed by atoms with Gasteiger partial charge in [-0.05, 0) is 12.0 Å². The van der Waals surface area contributed by atoms with E-state index in [2.05, 4.69) is 10.3 Å². The quantitative estimate of drug-likeness (QED) is 0.489. The number of hydrogen-bond acceptors (Lipinski definition) is 4. The van der Waals surface area contributed by atoms with Gasteiger partial charge in [0.1, 0.15) is 0 Å². The van der Waals surface area contributed by atoms with Gasteiger partial charge in [-0.25, -0.2) is 4.99 Å². The van der Waals surface area contributed by atoms with Crippen molar-refractivity contribution in [3.63, 3.8) is 0 Å². The predicted molar refractivity (Wildman–Crippen MR) is 43.7 cm³/mol. The average molecular weight is 155 g/mol. The number of rotatable bonds is 1. The van der Waals surface area contributed by atoms with Crippen LogP contribution in [0.5, 0.6) is 0 Å². The van der Waals surface area contributed by atoms with E-state index in [1.54, 1.807) is 6.08 Å². The predicted octanol–water partition coefficient (Wildman–Crippen LogP) is -0.237. The molecule has 1 aliphatic rings. The third-order valence-electron chi connectivity index (χ3n) is 1.49. The van der Waals surface area contributed by atoms with Gasteiger partial charge >= 0.3 is 0 Å². The van der Waals surface area contributed by atoms with E-state index in [1.165, 1.54) is 0 Å². The minimum Gasteiger partial charge on any atom is -0.370 e. The summed E-state index contributed by atoms with van der Waals surface area (Å²) < 4.78 is 0. The molecule has 1 rings (SSSR count). The Morgan fingerprint density at radius 3 is 2.82 bits per heavy atom. The van der Waals surface area contributed by atoms with Gasteiger partial charge in [0.2, 0.25) is 0 Å². The summed E-state index contributed by atoms with van der Waals surface area (Å²) in [5, 5.41) is 12.0. The summed E-state index contributed by atoms with van der Waals surface area (Å²) in [6, 6.07) is 0. The van der Waals surface area contributed by atoms with Gasteiger partial charge in [-0.3, -0.25) is 0 Å². The van der Waals surface area contributed by atoms with Crippen molar-refractivity contribution in [2.45, 2.75) is 20.1 Å². The van der Waals surface area contributed by atoms with Crippen molar-refractivity contribution in [3.8, 4) is 0 Å². The Labute approximate surface area is 65.8 Å². The molecular weight excluding hydrogens is 142 g/mol. The lowest BCUT2D eigenvalue weighted by Gasteiger charge is -2.19. The van der Waals surface area contributed by atoms with Crippen molar-refractivity contribution in [3.05, 3.63) is 11.8 Å². The SMILES string of the molecule is CC(C)C1=CC(O)N=C(N)N1. The first-order valence-corrected chi connectivity index (χ1v) is 3.59. The third kappa shape index (κ3) is 1.94. The lowest BCUT2D eigenvalue weighted by molar-refractivity contribution is 0.228. The van der Waals surface area contributed by atoms with Crippen LogP contribution in [-0.2, 0) is 0 Å². The molecule has 0 fully saturated rings. The summed E-state index contributed by atoms with van der Waals surface area (Å²) in [4.78, 5) is 3.68. The molecule has 0 aromatic rings. The van der Waals surface area contributed by atoms with Gasteiger partial charge in [0.25, 0.3) is 0 Å². The highest BCUT2D eigenvalue weighted by Gasteiger charge is 2.12. The lowest BCUT2D eigenvalue weighted by atomic mass is 10.1. The smallest absolute Gasteiger partial charge is 0.195 e. The van der Waals surface area contributed by atoms with E-state index in [9.17, 15) is 0 Å². The van der Waals surface area contributed by atoms with Crippen LogP contribution in [0, 0.1) is 5.92 Å². The number of aliphatic hydroxyl groups is 1. The van der Waals surface area contributed by atoms with Crippen LogP contribution in [0.3, 0.4) is 0 Å². The number of allylic oxidation sites excluding steroid dienone is 1. The highest BCUT2D eigenvalue weighted by atomic mass is 16.3. The molecule has 4 nitrogen and oxygen atoms in total. The van der Waals surface area contributed by atoms with Crippen molar-refractivity contribution in [2.75, 3.05) is 0 Å². The molecule has 0 spiro atoms. The molecule has 0 saturated carbocycles. The van der Waals surface area contributed by atoms with Crippen LogP contribution >= 0.6 is 0 Å². The summed E-state index contributed by atoms with van der Waals surface area (Å²) in [6.07, 6.45) is 0.870. The zero-order chi connectivity index (χ0) is 8.43. The summed E-state index contributed by atoms with van der Waals surface area (Å²) in [7, 11) is 0. The first kappa shape index (κ1) is 8.07. The van der Waals surface area contributed by atoms with Crippen molar-refractivity contribution >= 4 is 5.96 Å². The largest absolute Gasteiger partial charge is 0.370 e. The number of aliphatic imine (C=N–C) groups is 1. The molecule has 0 aromatic heterocycles. The number of nitrogens with zero attached hydrogens (tertiary/aromatic N) is 1. The van der Waals surface area contributed by atoms with Gasteiger partial charge in [0, 0.05) is 5.70 Å². The first-order valence-electron chi connectivity index (χ1n) is 3.59. The number of hydrogen-bond donors (Lipinski definition) is 3. The van der Waals surface area contributed by atoms with E-state index in [-0.39, 0.29) is 5.96 Å². The maximum Gasteiger partial charge on any atom is 0.195 e. The van der Waals surface area contributed by atoms with Crippen LogP contribution in [0.25, 0.3) is 0 Å². The first-order chi connectivity index (χ1) is 5.09. The fourth-order valence-electron chi connectivity index (χ4n) is 0.899. The number of guanidine groups is 1. The number of aliphatic hydroxyl groups excluding tert-OH is 1. The molecule has 0 radical (unpaired) electrons. The Morgan fingerprint density at radius 2 is 2.36 bits per heavy atom. The Morgan fingerprint density at radius 1 is 1.73 bits per heavy atom. The number of nitrogens with one attached hydrogen (secondary N) is 1. The molecule has 1 aliphatic heterocycles. The Balaban J connectivity index is 2.71. The minimum atomic E-state index is -0.784. The molecule has 1 heterocycles. The van der Waals surface area contributed by atoms with E-state index in [0.717, 1.165) is 5.70 Å². The maximum absolute atomic E-state index is 9.12. The van der Waals surface area contributed by atoms with Crippen molar-refractivity contribution < 1.29 is 5.11 Å². The molecule has 0 saturated heterocycles. The fourth-order valence-corrected chi connectivity index (χ4v) is 0.899.